The highest BCUT2D eigenvalue weighted by Crippen LogP contribution is 2.22. The second kappa shape index (κ2) is 10.2. The van der Waals surface area contributed by atoms with Crippen molar-refractivity contribution in [3.8, 4) is 22.9 Å². The van der Waals surface area contributed by atoms with E-state index in [9.17, 15) is 4.79 Å². The minimum absolute atomic E-state index is 0.0136. The lowest BCUT2D eigenvalue weighted by atomic mass is 10.0. The Bertz CT molecular complexity index is 1460. The van der Waals surface area contributed by atoms with Gasteiger partial charge in [-0.25, -0.2) is 4.68 Å². The molecule has 0 aliphatic carbocycles. The molecule has 1 heterocycles. The van der Waals surface area contributed by atoms with Crippen LogP contribution in [0.4, 0.5) is 0 Å². The van der Waals surface area contributed by atoms with Crippen LogP contribution in [0.15, 0.2) is 91.0 Å². The molecule has 5 rings (SSSR count). The Morgan fingerprint density at radius 3 is 2.49 bits per heavy atom. The van der Waals surface area contributed by atoms with Gasteiger partial charge >= 0.3 is 0 Å². The van der Waals surface area contributed by atoms with Gasteiger partial charge in [-0.05, 0) is 68.7 Å². The van der Waals surface area contributed by atoms with Gasteiger partial charge in [0.1, 0.15) is 18.1 Å². The fourth-order valence-electron chi connectivity index (χ4n) is 3.95. The molecule has 0 aliphatic rings. The summed E-state index contributed by atoms with van der Waals surface area (Å²) in [5, 5.41) is 14.4. The molecule has 0 N–H and O–H groups in total. The topological polar surface area (TPSA) is 79.1 Å². The van der Waals surface area contributed by atoms with E-state index in [2.05, 4.69) is 27.7 Å². The Morgan fingerprint density at radius 2 is 1.66 bits per heavy atom. The van der Waals surface area contributed by atoms with Crippen molar-refractivity contribution in [2.75, 3.05) is 13.7 Å². The minimum Gasteiger partial charge on any atom is -0.497 e. The van der Waals surface area contributed by atoms with Gasteiger partial charge in [0.25, 0.3) is 0 Å². The molecule has 0 amide bonds. The van der Waals surface area contributed by atoms with E-state index in [-0.39, 0.29) is 12.4 Å². The lowest BCUT2D eigenvalue weighted by molar-refractivity contribution is -0.120. The highest BCUT2D eigenvalue weighted by molar-refractivity contribution is 5.86. The lowest BCUT2D eigenvalue weighted by Crippen LogP contribution is -2.13. The van der Waals surface area contributed by atoms with Crippen LogP contribution >= 0.6 is 0 Å². The molecule has 4 aromatic carbocycles. The SMILES string of the molecule is COc1cccc(Cn2nnnc2-c2ccc(OCC(=O)Cc3ccc4ccccc4c3)cc2)c1. The number of carbonyl (C=O) groups excluding carboxylic acids is 1. The highest BCUT2D eigenvalue weighted by atomic mass is 16.5. The quantitative estimate of drug-likeness (QED) is 0.314. The first-order valence-electron chi connectivity index (χ1n) is 11.3. The Morgan fingerprint density at radius 1 is 0.829 bits per heavy atom. The Hall–Kier alpha value is -4.52. The van der Waals surface area contributed by atoms with E-state index in [0.717, 1.165) is 33.2 Å². The summed E-state index contributed by atoms with van der Waals surface area (Å²) < 4.78 is 12.8. The number of fused-ring (bicyclic) bond motifs is 1. The molecule has 1 aromatic heterocycles. The molecule has 0 unspecified atom stereocenters. The van der Waals surface area contributed by atoms with Gasteiger partial charge < -0.3 is 9.47 Å². The molecule has 7 heteroatoms. The minimum atomic E-state index is 0.0136. The van der Waals surface area contributed by atoms with Gasteiger partial charge in [-0.2, -0.15) is 0 Å². The van der Waals surface area contributed by atoms with Crippen LogP contribution in [0.1, 0.15) is 11.1 Å². The van der Waals surface area contributed by atoms with Gasteiger partial charge in [-0.1, -0.05) is 54.6 Å². The monoisotopic (exact) mass is 464 g/mol. The van der Waals surface area contributed by atoms with Gasteiger partial charge in [0.05, 0.1) is 13.7 Å². The number of tetrazole rings is 1. The number of hydrogen-bond acceptors (Lipinski definition) is 6. The molecule has 0 fully saturated rings. The zero-order chi connectivity index (χ0) is 24.0. The van der Waals surface area contributed by atoms with Crippen LogP contribution in [0.5, 0.6) is 11.5 Å². The molecule has 5 aromatic rings. The second-order valence-corrected chi connectivity index (χ2v) is 8.22. The van der Waals surface area contributed by atoms with Crippen LogP contribution in [-0.4, -0.2) is 39.7 Å². The molecule has 0 bridgehead atoms. The number of benzene rings is 4. The normalized spacial score (nSPS) is 10.9. The first-order valence-corrected chi connectivity index (χ1v) is 11.3. The number of nitrogens with zero attached hydrogens (tertiary/aromatic N) is 4. The zero-order valence-corrected chi connectivity index (χ0v) is 19.3. The number of hydrogen-bond donors (Lipinski definition) is 0. The predicted octanol–water partition coefficient (Wildman–Crippen LogP) is 4.74. The smallest absolute Gasteiger partial charge is 0.182 e. The molecule has 35 heavy (non-hydrogen) atoms. The van der Waals surface area contributed by atoms with Gasteiger partial charge in [0.2, 0.25) is 0 Å². The molecular formula is C28H24N4O3. The van der Waals surface area contributed by atoms with Gasteiger partial charge in [-0.15, -0.1) is 5.10 Å². The maximum absolute atomic E-state index is 12.5. The van der Waals surface area contributed by atoms with Crippen molar-refractivity contribution in [3.63, 3.8) is 0 Å². The van der Waals surface area contributed by atoms with E-state index >= 15 is 0 Å². The molecule has 0 saturated heterocycles. The highest BCUT2D eigenvalue weighted by Gasteiger charge is 2.11. The summed E-state index contributed by atoms with van der Waals surface area (Å²) in [4.78, 5) is 12.5. The average Bonchev–Trinajstić information content (AvgIpc) is 3.36. The van der Waals surface area contributed by atoms with Crippen molar-refractivity contribution >= 4 is 16.6 Å². The van der Waals surface area contributed by atoms with E-state index in [4.69, 9.17) is 9.47 Å². The largest absolute Gasteiger partial charge is 0.497 e. The van der Waals surface area contributed by atoms with Gasteiger partial charge in [0.15, 0.2) is 11.6 Å². The van der Waals surface area contributed by atoms with Crippen LogP contribution in [0.25, 0.3) is 22.2 Å². The molecule has 0 radical (unpaired) electrons. The summed E-state index contributed by atoms with van der Waals surface area (Å²) in [7, 11) is 1.64. The lowest BCUT2D eigenvalue weighted by Gasteiger charge is -2.09. The summed E-state index contributed by atoms with van der Waals surface area (Å²) in [5.74, 6) is 2.07. The molecular weight excluding hydrogens is 440 g/mol. The number of carbonyl (C=O) groups is 1. The maximum atomic E-state index is 12.5. The van der Waals surface area contributed by atoms with Crippen molar-refractivity contribution in [1.29, 1.82) is 0 Å². The van der Waals surface area contributed by atoms with Crippen molar-refractivity contribution in [3.05, 3.63) is 102 Å². The van der Waals surface area contributed by atoms with Crippen LogP contribution in [0.2, 0.25) is 0 Å². The fourth-order valence-corrected chi connectivity index (χ4v) is 3.95. The number of ether oxygens (including phenoxy) is 2. The van der Waals surface area contributed by atoms with Crippen LogP contribution < -0.4 is 9.47 Å². The van der Waals surface area contributed by atoms with E-state index in [1.165, 1.54) is 0 Å². The summed E-state index contributed by atoms with van der Waals surface area (Å²) >= 11 is 0. The number of aromatic nitrogens is 4. The molecule has 0 aliphatic heterocycles. The second-order valence-electron chi connectivity index (χ2n) is 8.22. The van der Waals surface area contributed by atoms with Crippen LogP contribution in [-0.2, 0) is 17.8 Å². The average molecular weight is 465 g/mol. The third-order valence-corrected chi connectivity index (χ3v) is 5.73. The van der Waals surface area contributed by atoms with E-state index in [0.29, 0.717) is 24.5 Å². The molecule has 0 spiro atoms. The standard InChI is InChI=1S/C28H24N4O3/c1-34-27-8-4-5-21(17-27)18-32-28(29-30-31-32)23-11-13-26(14-12-23)35-19-25(33)16-20-9-10-22-6-2-3-7-24(22)15-20/h2-15,17H,16,18-19H2,1H3. The van der Waals surface area contributed by atoms with Gasteiger partial charge in [0, 0.05) is 12.0 Å². The summed E-state index contributed by atoms with van der Waals surface area (Å²) in [6.45, 7) is 0.529. The molecule has 7 nitrogen and oxygen atoms in total. The Kier molecular flexibility index (Phi) is 6.48. The molecule has 0 atom stereocenters. The third-order valence-electron chi connectivity index (χ3n) is 5.73. The first kappa shape index (κ1) is 22.3. The fraction of sp³-hybridized carbons (Fsp3) is 0.143. The van der Waals surface area contributed by atoms with Crippen LogP contribution in [0, 0.1) is 0 Å². The summed E-state index contributed by atoms with van der Waals surface area (Å²) in [6, 6.07) is 29.4. The zero-order valence-electron chi connectivity index (χ0n) is 19.3. The van der Waals surface area contributed by atoms with E-state index in [1.807, 2.05) is 78.9 Å². The number of methoxy groups -OCH3 is 1. The molecule has 174 valence electrons. The number of Topliss-reactive ketones (excluding diaryl/α,β-unsaturated/α-hetero) is 1. The Balaban J connectivity index is 1.20. The summed E-state index contributed by atoms with van der Waals surface area (Å²) in [5.41, 5.74) is 2.87. The predicted molar refractivity (Wildman–Crippen MR) is 134 cm³/mol. The molecule has 0 saturated carbocycles. The van der Waals surface area contributed by atoms with Gasteiger partial charge in [-0.3, -0.25) is 4.79 Å². The summed E-state index contributed by atoms with van der Waals surface area (Å²) in [6.07, 6.45) is 0.335. The number of ketones is 1. The van der Waals surface area contributed by atoms with Crippen LogP contribution in [0.3, 0.4) is 0 Å². The Labute approximate surface area is 202 Å². The van der Waals surface area contributed by atoms with Crippen molar-refractivity contribution in [1.82, 2.24) is 20.2 Å². The van der Waals surface area contributed by atoms with Crippen molar-refractivity contribution < 1.29 is 14.3 Å². The van der Waals surface area contributed by atoms with Crippen molar-refractivity contribution in [2.24, 2.45) is 0 Å². The van der Waals surface area contributed by atoms with E-state index in [1.54, 1.807) is 11.8 Å². The van der Waals surface area contributed by atoms with E-state index < -0.39 is 0 Å². The third kappa shape index (κ3) is 5.35. The van der Waals surface area contributed by atoms with Crippen molar-refractivity contribution in [2.45, 2.75) is 13.0 Å². The first-order chi connectivity index (χ1) is 17.2. The number of rotatable bonds is 9. The maximum Gasteiger partial charge on any atom is 0.182 e.